The third kappa shape index (κ3) is 1.65. The van der Waals surface area contributed by atoms with E-state index in [-0.39, 0.29) is 12.1 Å². The van der Waals surface area contributed by atoms with E-state index >= 15 is 0 Å². The number of ether oxygens (including phenoxy) is 1. The average molecular weight is 197 g/mol. The second-order valence-corrected chi connectivity index (χ2v) is 3.69. The largest absolute Gasteiger partial charge is 0.376 e. The van der Waals surface area contributed by atoms with E-state index in [4.69, 9.17) is 10.5 Å². The van der Waals surface area contributed by atoms with Crippen LogP contribution in [0.1, 0.15) is 13.8 Å². The second kappa shape index (κ2) is 3.45. The SMILES string of the molecule is CC1OCC(Nc2n[nH]c(N)n2)C1C. The fourth-order valence-corrected chi connectivity index (χ4v) is 1.56. The van der Waals surface area contributed by atoms with Gasteiger partial charge in [0, 0.05) is 5.92 Å². The Morgan fingerprint density at radius 1 is 1.57 bits per heavy atom. The maximum absolute atomic E-state index is 5.50. The molecule has 1 aromatic rings. The topological polar surface area (TPSA) is 88.8 Å². The Balaban J connectivity index is 1.98. The number of nitrogens with two attached hydrogens (primary N) is 1. The summed E-state index contributed by atoms with van der Waals surface area (Å²) in [6, 6.07) is 0.264. The minimum Gasteiger partial charge on any atom is -0.376 e. The van der Waals surface area contributed by atoms with Gasteiger partial charge in [0.2, 0.25) is 11.9 Å². The van der Waals surface area contributed by atoms with Crippen LogP contribution < -0.4 is 11.1 Å². The third-order valence-corrected chi connectivity index (χ3v) is 2.73. The van der Waals surface area contributed by atoms with Gasteiger partial charge in [0.25, 0.3) is 0 Å². The van der Waals surface area contributed by atoms with Gasteiger partial charge in [-0.2, -0.15) is 4.98 Å². The average Bonchev–Trinajstić information content (AvgIpc) is 2.67. The van der Waals surface area contributed by atoms with Gasteiger partial charge in [-0.1, -0.05) is 6.92 Å². The lowest BCUT2D eigenvalue weighted by atomic mass is 10.0. The predicted octanol–water partition coefficient (Wildman–Crippen LogP) is 0.222. The van der Waals surface area contributed by atoms with Gasteiger partial charge in [-0.05, 0) is 6.92 Å². The molecule has 1 saturated heterocycles. The van der Waals surface area contributed by atoms with Crippen LogP contribution in [0.3, 0.4) is 0 Å². The van der Waals surface area contributed by atoms with Crippen molar-refractivity contribution in [3.05, 3.63) is 0 Å². The fourth-order valence-electron chi connectivity index (χ4n) is 1.56. The molecule has 1 fully saturated rings. The molecule has 0 aromatic carbocycles. The van der Waals surface area contributed by atoms with E-state index in [1.165, 1.54) is 0 Å². The number of hydrogen-bond acceptors (Lipinski definition) is 5. The van der Waals surface area contributed by atoms with Crippen molar-refractivity contribution in [3.8, 4) is 0 Å². The molecule has 0 aliphatic carbocycles. The van der Waals surface area contributed by atoms with E-state index < -0.39 is 0 Å². The summed E-state index contributed by atoms with van der Waals surface area (Å²) in [4.78, 5) is 3.98. The highest BCUT2D eigenvalue weighted by Gasteiger charge is 2.31. The Bertz CT molecular complexity index is 312. The second-order valence-electron chi connectivity index (χ2n) is 3.69. The van der Waals surface area contributed by atoms with Crippen molar-refractivity contribution >= 4 is 11.9 Å². The molecule has 0 radical (unpaired) electrons. The van der Waals surface area contributed by atoms with Gasteiger partial charge in [-0.3, -0.25) is 0 Å². The number of aromatic nitrogens is 3. The van der Waals surface area contributed by atoms with Crippen molar-refractivity contribution in [2.45, 2.75) is 26.0 Å². The first-order valence-electron chi connectivity index (χ1n) is 4.73. The van der Waals surface area contributed by atoms with Crippen LogP contribution in [0.5, 0.6) is 0 Å². The van der Waals surface area contributed by atoms with Gasteiger partial charge in [0.05, 0.1) is 18.8 Å². The molecule has 2 heterocycles. The number of anilines is 2. The molecule has 0 saturated carbocycles. The number of nitrogens with one attached hydrogen (secondary N) is 2. The number of nitrogen functional groups attached to an aromatic ring is 1. The maximum atomic E-state index is 5.50. The summed E-state index contributed by atoms with van der Waals surface area (Å²) < 4.78 is 5.50. The molecule has 0 spiro atoms. The Morgan fingerprint density at radius 3 is 2.86 bits per heavy atom. The lowest BCUT2D eigenvalue weighted by Crippen LogP contribution is -2.28. The molecule has 3 unspecified atom stereocenters. The number of H-pyrrole nitrogens is 1. The van der Waals surface area contributed by atoms with Crippen LogP contribution in [0.4, 0.5) is 11.9 Å². The highest BCUT2D eigenvalue weighted by Crippen LogP contribution is 2.22. The summed E-state index contributed by atoms with van der Waals surface area (Å²) in [7, 11) is 0. The Hall–Kier alpha value is -1.30. The van der Waals surface area contributed by atoms with E-state index in [0.29, 0.717) is 24.4 Å². The minimum absolute atomic E-state index is 0.264. The molecule has 1 aliphatic heterocycles. The van der Waals surface area contributed by atoms with Crippen molar-refractivity contribution < 1.29 is 4.74 Å². The van der Waals surface area contributed by atoms with Crippen LogP contribution in [0, 0.1) is 5.92 Å². The molecular weight excluding hydrogens is 182 g/mol. The van der Waals surface area contributed by atoms with Gasteiger partial charge >= 0.3 is 0 Å². The van der Waals surface area contributed by atoms with Crippen molar-refractivity contribution in [1.82, 2.24) is 15.2 Å². The standard InChI is InChI=1S/C8H15N5O/c1-4-5(2)14-3-6(4)10-8-11-7(9)12-13-8/h4-6H,3H2,1-2H3,(H4,9,10,11,12,13). The molecule has 4 N–H and O–H groups in total. The summed E-state index contributed by atoms with van der Waals surface area (Å²) in [6.07, 6.45) is 0.281. The Labute approximate surface area is 82.2 Å². The number of aromatic amines is 1. The molecular formula is C8H15N5O. The van der Waals surface area contributed by atoms with Crippen molar-refractivity contribution in [2.24, 2.45) is 5.92 Å². The van der Waals surface area contributed by atoms with Crippen molar-refractivity contribution in [1.29, 1.82) is 0 Å². The van der Waals surface area contributed by atoms with E-state index in [9.17, 15) is 0 Å². The molecule has 3 atom stereocenters. The van der Waals surface area contributed by atoms with Gasteiger partial charge in [-0.15, -0.1) is 5.10 Å². The molecule has 1 aromatic heterocycles. The van der Waals surface area contributed by atoms with Crippen LogP contribution in [0.2, 0.25) is 0 Å². The minimum atomic E-state index is 0.264. The zero-order valence-corrected chi connectivity index (χ0v) is 8.32. The molecule has 14 heavy (non-hydrogen) atoms. The van der Waals surface area contributed by atoms with E-state index in [1.54, 1.807) is 0 Å². The number of rotatable bonds is 2. The highest BCUT2D eigenvalue weighted by atomic mass is 16.5. The van der Waals surface area contributed by atoms with Crippen molar-refractivity contribution in [3.63, 3.8) is 0 Å². The first-order chi connectivity index (χ1) is 6.66. The summed E-state index contributed by atoms with van der Waals surface area (Å²) in [5.41, 5.74) is 5.41. The van der Waals surface area contributed by atoms with Crippen molar-refractivity contribution in [2.75, 3.05) is 17.7 Å². The summed E-state index contributed by atoms with van der Waals surface area (Å²) >= 11 is 0. The zero-order chi connectivity index (χ0) is 10.1. The van der Waals surface area contributed by atoms with Crippen LogP contribution in [-0.2, 0) is 4.74 Å². The number of hydrogen-bond donors (Lipinski definition) is 3. The van der Waals surface area contributed by atoms with E-state index in [2.05, 4.69) is 34.3 Å². The highest BCUT2D eigenvalue weighted by molar-refractivity contribution is 5.31. The van der Waals surface area contributed by atoms with Crippen LogP contribution in [0.15, 0.2) is 0 Å². The van der Waals surface area contributed by atoms with Gasteiger partial charge in [0.15, 0.2) is 0 Å². The first kappa shape index (κ1) is 9.26. The molecule has 0 bridgehead atoms. The van der Waals surface area contributed by atoms with Crippen LogP contribution in [0.25, 0.3) is 0 Å². The lowest BCUT2D eigenvalue weighted by Gasteiger charge is -2.15. The van der Waals surface area contributed by atoms with Crippen LogP contribution >= 0.6 is 0 Å². The zero-order valence-electron chi connectivity index (χ0n) is 8.32. The van der Waals surface area contributed by atoms with Gasteiger partial charge in [0.1, 0.15) is 0 Å². The molecule has 1 aliphatic rings. The monoisotopic (exact) mass is 197 g/mol. The third-order valence-electron chi connectivity index (χ3n) is 2.73. The smallest absolute Gasteiger partial charge is 0.243 e. The van der Waals surface area contributed by atoms with Gasteiger partial charge in [-0.25, -0.2) is 5.10 Å². The quantitative estimate of drug-likeness (QED) is 0.631. The Morgan fingerprint density at radius 2 is 2.36 bits per heavy atom. The fraction of sp³-hybridized carbons (Fsp3) is 0.750. The summed E-state index contributed by atoms with van der Waals surface area (Å²) in [5, 5.41) is 9.68. The summed E-state index contributed by atoms with van der Waals surface area (Å²) in [5.74, 6) is 1.32. The first-order valence-corrected chi connectivity index (χ1v) is 4.73. The summed E-state index contributed by atoms with van der Waals surface area (Å²) in [6.45, 7) is 4.90. The maximum Gasteiger partial charge on any atom is 0.243 e. The Kier molecular flexibility index (Phi) is 2.28. The molecule has 2 rings (SSSR count). The van der Waals surface area contributed by atoms with Gasteiger partial charge < -0.3 is 15.8 Å². The molecule has 6 nitrogen and oxygen atoms in total. The lowest BCUT2D eigenvalue weighted by molar-refractivity contribution is 0.109. The number of nitrogens with zero attached hydrogens (tertiary/aromatic N) is 2. The van der Waals surface area contributed by atoms with E-state index in [1.807, 2.05) is 0 Å². The molecule has 0 amide bonds. The van der Waals surface area contributed by atoms with Crippen LogP contribution in [-0.4, -0.2) is 33.9 Å². The molecule has 6 heteroatoms. The molecule has 78 valence electrons. The van der Waals surface area contributed by atoms with E-state index in [0.717, 1.165) is 0 Å². The predicted molar refractivity (Wildman–Crippen MR) is 52.8 cm³/mol. The normalized spacial score (nSPS) is 32.0.